The molecule has 5 nitrogen and oxygen atoms in total. The largest absolute Gasteiger partial charge is 0.395 e. The zero-order valence-corrected chi connectivity index (χ0v) is 13.9. The minimum absolute atomic E-state index is 0.0462. The molecule has 0 saturated carbocycles. The van der Waals surface area contributed by atoms with Crippen molar-refractivity contribution in [2.24, 2.45) is 0 Å². The summed E-state index contributed by atoms with van der Waals surface area (Å²) in [7, 11) is 1.76. The third-order valence-electron chi connectivity index (χ3n) is 4.41. The number of hydrogen-bond donors (Lipinski definition) is 1. The Balaban J connectivity index is 1.86. The number of benzene rings is 1. The van der Waals surface area contributed by atoms with Crippen molar-refractivity contribution in [2.45, 2.75) is 19.5 Å². The highest BCUT2D eigenvalue weighted by Gasteiger charge is 2.27. The summed E-state index contributed by atoms with van der Waals surface area (Å²) >= 11 is 0. The van der Waals surface area contributed by atoms with Gasteiger partial charge in [-0.3, -0.25) is 14.6 Å². The van der Waals surface area contributed by atoms with Gasteiger partial charge in [0.25, 0.3) is 0 Å². The number of aliphatic hydroxyl groups is 1. The van der Waals surface area contributed by atoms with E-state index in [9.17, 15) is 9.18 Å². The van der Waals surface area contributed by atoms with Crippen molar-refractivity contribution in [3.8, 4) is 0 Å². The molecule has 1 fully saturated rings. The Hall–Kier alpha value is -1.50. The number of likely N-dealkylation sites (N-methyl/N-ethyl adjacent to an activating group) is 1. The number of piperazine rings is 1. The fourth-order valence-corrected chi connectivity index (χ4v) is 2.98. The summed E-state index contributed by atoms with van der Waals surface area (Å²) in [5.41, 5.74) is 0.792. The van der Waals surface area contributed by atoms with Gasteiger partial charge in [0.15, 0.2) is 0 Å². The molecule has 1 aromatic carbocycles. The van der Waals surface area contributed by atoms with Gasteiger partial charge >= 0.3 is 0 Å². The van der Waals surface area contributed by atoms with Gasteiger partial charge in [-0.15, -0.1) is 0 Å². The highest BCUT2D eigenvalue weighted by Crippen LogP contribution is 2.11. The van der Waals surface area contributed by atoms with Gasteiger partial charge in [-0.1, -0.05) is 12.1 Å². The van der Waals surface area contributed by atoms with E-state index in [1.807, 2.05) is 13.0 Å². The van der Waals surface area contributed by atoms with Crippen LogP contribution in [0.1, 0.15) is 12.5 Å². The van der Waals surface area contributed by atoms with E-state index < -0.39 is 0 Å². The Kier molecular flexibility index (Phi) is 6.50. The lowest BCUT2D eigenvalue weighted by Gasteiger charge is -2.38. The van der Waals surface area contributed by atoms with E-state index in [0.29, 0.717) is 13.1 Å². The first-order valence-corrected chi connectivity index (χ1v) is 8.08. The number of hydrogen-bond acceptors (Lipinski definition) is 4. The van der Waals surface area contributed by atoms with Crippen LogP contribution in [0.25, 0.3) is 0 Å². The summed E-state index contributed by atoms with van der Waals surface area (Å²) < 4.78 is 13.2. The fourth-order valence-electron chi connectivity index (χ4n) is 2.98. The van der Waals surface area contributed by atoms with E-state index in [2.05, 4.69) is 9.80 Å². The van der Waals surface area contributed by atoms with Crippen molar-refractivity contribution in [3.63, 3.8) is 0 Å². The standard InChI is InChI=1S/C17H26FN3O2/c1-14(21-8-6-20(7-9-21)10-11-22)17(23)19(2)13-15-4-3-5-16(18)12-15/h3-5,12,14,22H,6-11,13H2,1-2H3. The number of aliphatic hydroxyl groups excluding tert-OH is 1. The van der Waals surface area contributed by atoms with Crippen LogP contribution in [0.15, 0.2) is 24.3 Å². The van der Waals surface area contributed by atoms with Gasteiger partial charge < -0.3 is 10.0 Å². The summed E-state index contributed by atoms with van der Waals surface area (Å²) in [6.45, 7) is 6.57. The lowest BCUT2D eigenvalue weighted by molar-refractivity contribution is -0.136. The minimum atomic E-state index is -0.281. The molecule has 1 aliphatic heterocycles. The molecule has 0 radical (unpaired) electrons. The number of amides is 1. The molecule has 1 atom stereocenters. The Morgan fingerprint density at radius 2 is 2.04 bits per heavy atom. The zero-order chi connectivity index (χ0) is 16.8. The van der Waals surface area contributed by atoms with Crippen LogP contribution < -0.4 is 0 Å². The number of halogens is 1. The Bertz CT molecular complexity index is 518. The Morgan fingerprint density at radius 3 is 2.65 bits per heavy atom. The van der Waals surface area contributed by atoms with Gasteiger partial charge in [-0.2, -0.15) is 0 Å². The molecule has 2 rings (SSSR count). The summed E-state index contributed by atoms with van der Waals surface area (Å²) in [4.78, 5) is 18.6. The number of nitrogens with zero attached hydrogens (tertiary/aromatic N) is 3. The van der Waals surface area contributed by atoms with Crippen LogP contribution in [0.4, 0.5) is 4.39 Å². The summed E-state index contributed by atoms with van der Waals surface area (Å²) in [5.74, 6) is -0.235. The zero-order valence-electron chi connectivity index (χ0n) is 13.9. The molecule has 1 aliphatic rings. The second-order valence-electron chi connectivity index (χ2n) is 6.10. The second kappa shape index (κ2) is 8.38. The molecule has 0 bridgehead atoms. The normalized spacial score (nSPS) is 17.9. The average molecular weight is 323 g/mol. The van der Waals surface area contributed by atoms with Crippen molar-refractivity contribution in [2.75, 3.05) is 46.4 Å². The topological polar surface area (TPSA) is 47.0 Å². The first kappa shape index (κ1) is 17.8. The molecular formula is C17H26FN3O2. The summed E-state index contributed by atoms with van der Waals surface area (Å²) in [5, 5.41) is 8.97. The summed E-state index contributed by atoms with van der Waals surface area (Å²) in [6.07, 6.45) is 0. The summed E-state index contributed by atoms with van der Waals surface area (Å²) in [6, 6.07) is 6.16. The number of rotatable bonds is 6. The Morgan fingerprint density at radius 1 is 1.35 bits per heavy atom. The molecule has 0 spiro atoms. The predicted octanol–water partition coefficient (Wildman–Crippen LogP) is 0.782. The molecule has 1 saturated heterocycles. The van der Waals surface area contributed by atoms with E-state index in [1.54, 1.807) is 18.0 Å². The number of carbonyl (C=O) groups excluding carboxylic acids is 1. The maximum absolute atomic E-state index is 13.2. The highest BCUT2D eigenvalue weighted by molar-refractivity contribution is 5.81. The van der Waals surface area contributed by atoms with Crippen molar-refractivity contribution < 1.29 is 14.3 Å². The first-order chi connectivity index (χ1) is 11.0. The SMILES string of the molecule is CC(C(=O)N(C)Cc1cccc(F)c1)N1CCN(CCO)CC1. The molecule has 1 N–H and O–H groups in total. The molecule has 1 aromatic rings. The minimum Gasteiger partial charge on any atom is -0.395 e. The molecule has 0 aliphatic carbocycles. The van der Waals surface area contributed by atoms with Gasteiger partial charge in [0.1, 0.15) is 5.82 Å². The third kappa shape index (κ3) is 4.99. The van der Waals surface area contributed by atoms with Gasteiger partial charge in [0.2, 0.25) is 5.91 Å². The number of β-amino-alcohol motifs (C(OH)–C–C–N with tert-alkyl or cyclic N) is 1. The maximum Gasteiger partial charge on any atom is 0.239 e. The molecule has 1 amide bonds. The van der Waals surface area contributed by atoms with Crippen LogP contribution in [-0.2, 0) is 11.3 Å². The van der Waals surface area contributed by atoms with Crippen LogP contribution in [0.3, 0.4) is 0 Å². The van der Waals surface area contributed by atoms with E-state index in [4.69, 9.17) is 5.11 Å². The van der Waals surface area contributed by atoms with Crippen LogP contribution in [0.5, 0.6) is 0 Å². The average Bonchev–Trinajstić information content (AvgIpc) is 2.54. The Labute approximate surface area is 137 Å². The van der Waals surface area contributed by atoms with Crippen molar-refractivity contribution in [3.05, 3.63) is 35.6 Å². The van der Waals surface area contributed by atoms with E-state index in [-0.39, 0.29) is 24.4 Å². The van der Waals surface area contributed by atoms with E-state index in [0.717, 1.165) is 31.7 Å². The molecule has 23 heavy (non-hydrogen) atoms. The van der Waals surface area contributed by atoms with E-state index in [1.165, 1.54) is 12.1 Å². The molecule has 0 aromatic heterocycles. The van der Waals surface area contributed by atoms with Gasteiger partial charge in [0.05, 0.1) is 12.6 Å². The predicted molar refractivity (Wildman–Crippen MR) is 87.4 cm³/mol. The molecular weight excluding hydrogens is 297 g/mol. The monoisotopic (exact) mass is 323 g/mol. The number of carbonyl (C=O) groups is 1. The smallest absolute Gasteiger partial charge is 0.239 e. The van der Waals surface area contributed by atoms with Crippen molar-refractivity contribution >= 4 is 5.91 Å². The quantitative estimate of drug-likeness (QED) is 0.841. The lowest BCUT2D eigenvalue weighted by atomic mass is 10.1. The van der Waals surface area contributed by atoms with Crippen molar-refractivity contribution in [1.29, 1.82) is 0 Å². The van der Waals surface area contributed by atoms with Gasteiger partial charge in [-0.05, 0) is 24.6 Å². The molecule has 1 unspecified atom stereocenters. The molecule has 128 valence electrons. The fraction of sp³-hybridized carbons (Fsp3) is 0.588. The van der Waals surface area contributed by atoms with Crippen LogP contribution in [-0.4, -0.2) is 78.1 Å². The molecule has 1 heterocycles. The third-order valence-corrected chi connectivity index (χ3v) is 4.41. The van der Waals surface area contributed by atoms with Crippen LogP contribution in [0, 0.1) is 5.82 Å². The highest BCUT2D eigenvalue weighted by atomic mass is 19.1. The van der Waals surface area contributed by atoms with Crippen LogP contribution >= 0.6 is 0 Å². The molecule has 6 heteroatoms. The van der Waals surface area contributed by atoms with Gasteiger partial charge in [-0.25, -0.2) is 4.39 Å². The first-order valence-electron chi connectivity index (χ1n) is 8.08. The maximum atomic E-state index is 13.2. The van der Waals surface area contributed by atoms with Crippen molar-refractivity contribution in [1.82, 2.24) is 14.7 Å². The van der Waals surface area contributed by atoms with Crippen LogP contribution in [0.2, 0.25) is 0 Å². The van der Waals surface area contributed by atoms with Gasteiger partial charge in [0, 0.05) is 46.3 Å². The lowest BCUT2D eigenvalue weighted by Crippen LogP contribution is -2.54. The second-order valence-corrected chi connectivity index (χ2v) is 6.10. The van der Waals surface area contributed by atoms with E-state index >= 15 is 0 Å².